The maximum atomic E-state index is 5.43. The molecule has 0 radical (unpaired) electrons. The lowest BCUT2D eigenvalue weighted by Gasteiger charge is -2.23. The Morgan fingerprint density at radius 2 is 0.860 bits per heavy atom. The zero-order valence-corrected chi connectivity index (χ0v) is 30.9. The summed E-state index contributed by atoms with van der Waals surface area (Å²) in [7, 11) is 0. The highest BCUT2D eigenvalue weighted by atomic mass is 15.1. The number of imidazole rings is 1. The van der Waals surface area contributed by atoms with Crippen molar-refractivity contribution in [3.63, 3.8) is 0 Å². The van der Waals surface area contributed by atoms with Crippen LogP contribution in [0.4, 0.5) is 0 Å². The molecule has 0 saturated heterocycles. The summed E-state index contributed by atoms with van der Waals surface area (Å²) in [5, 5.41) is 0. The smallest absolute Gasteiger partial charge is 0.145 e. The highest BCUT2D eigenvalue weighted by molar-refractivity contribution is 5.92. The third-order valence-corrected chi connectivity index (χ3v) is 10.6. The summed E-state index contributed by atoms with van der Waals surface area (Å²) in [5.41, 5.74) is 23.5. The maximum Gasteiger partial charge on any atom is 0.145 e. The lowest BCUT2D eigenvalue weighted by atomic mass is 9.80. The summed E-state index contributed by atoms with van der Waals surface area (Å²) >= 11 is 0. The van der Waals surface area contributed by atoms with Gasteiger partial charge >= 0.3 is 0 Å². The normalized spacial score (nSPS) is 11.3. The molecule has 50 heavy (non-hydrogen) atoms. The molecule has 0 aliphatic heterocycles. The van der Waals surface area contributed by atoms with Gasteiger partial charge in [0, 0.05) is 17.3 Å². The fourth-order valence-corrected chi connectivity index (χ4v) is 8.17. The molecule has 1 heterocycles. The SMILES string of the molecule is Cc1cc(C)c(-n2cc(-c3cc(C)c(C)c(C)c3)nc2-c2cccc(-c3c(C)c(-c4ccccc4)c(C)c(-c4ccccc4)c3C)c2)c(C)c1. The van der Waals surface area contributed by atoms with Crippen molar-refractivity contribution in [2.45, 2.75) is 62.3 Å². The molecule has 0 bridgehead atoms. The van der Waals surface area contributed by atoms with Crippen LogP contribution in [0.1, 0.15) is 50.1 Å². The standard InChI is InChI=1S/C48H46N2/c1-29-23-32(4)47(33(5)24-29)50-28-43(42-25-30(2)34(6)31(3)26-42)49-48(50)41-22-16-21-40(27-41)46-36(8)44(38-17-12-10-13-18-38)35(7)45(37(46)9)39-19-14-11-15-20-39/h10-28H,1-9H3. The number of rotatable bonds is 6. The zero-order valence-electron chi connectivity index (χ0n) is 30.9. The molecule has 7 aromatic rings. The van der Waals surface area contributed by atoms with E-state index < -0.39 is 0 Å². The summed E-state index contributed by atoms with van der Waals surface area (Å²) in [6.45, 7) is 20.1. The number of benzene rings is 6. The molecule has 0 amide bonds. The first-order valence-electron chi connectivity index (χ1n) is 17.6. The summed E-state index contributed by atoms with van der Waals surface area (Å²) < 4.78 is 2.32. The van der Waals surface area contributed by atoms with E-state index in [4.69, 9.17) is 4.98 Å². The second kappa shape index (κ2) is 13.1. The van der Waals surface area contributed by atoms with Crippen molar-refractivity contribution in [1.29, 1.82) is 0 Å². The van der Waals surface area contributed by atoms with E-state index in [1.165, 1.54) is 89.1 Å². The molecule has 0 N–H and O–H groups in total. The Labute approximate surface area is 298 Å². The molecule has 0 spiro atoms. The second-order valence-electron chi connectivity index (χ2n) is 14.1. The van der Waals surface area contributed by atoms with E-state index in [0.717, 1.165) is 22.6 Å². The van der Waals surface area contributed by atoms with Crippen molar-refractivity contribution < 1.29 is 0 Å². The molecule has 248 valence electrons. The van der Waals surface area contributed by atoms with E-state index in [2.05, 4.69) is 182 Å². The topological polar surface area (TPSA) is 17.8 Å². The van der Waals surface area contributed by atoms with Gasteiger partial charge in [-0.25, -0.2) is 4.98 Å². The Hall–Kier alpha value is -5.47. The van der Waals surface area contributed by atoms with Gasteiger partial charge < -0.3 is 0 Å². The van der Waals surface area contributed by atoms with Crippen LogP contribution in [0.15, 0.2) is 115 Å². The monoisotopic (exact) mass is 650 g/mol. The maximum absolute atomic E-state index is 5.43. The molecule has 0 atom stereocenters. The van der Waals surface area contributed by atoms with Gasteiger partial charge in [-0.1, -0.05) is 96.6 Å². The molecule has 0 aliphatic carbocycles. The van der Waals surface area contributed by atoms with E-state index in [1.807, 2.05) is 0 Å². The Balaban J connectivity index is 1.49. The molecule has 0 unspecified atom stereocenters. The predicted octanol–water partition coefficient (Wildman–Crippen LogP) is 13.0. The minimum absolute atomic E-state index is 0.946. The van der Waals surface area contributed by atoms with Gasteiger partial charge in [0.25, 0.3) is 0 Å². The number of aromatic nitrogens is 2. The van der Waals surface area contributed by atoms with E-state index in [1.54, 1.807) is 0 Å². The molecule has 1 aromatic heterocycles. The minimum Gasteiger partial charge on any atom is -0.299 e. The van der Waals surface area contributed by atoms with Crippen LogP contribution in [0, 0.1) is 62.3 Å². The van der Waals surface area contributed by atoms with Gasteiger partial charge in [0.1, 0.15) is 5.82 Å². The van der Waals surface area contributed by atoms with Crippen molar-refractivity contribution in [1.82, 2.24) is 9.55 Å². The quantitative estimate of drug-likeness (QED) is 0.175. The number of hydrogen-bond acceptors (Lipinski definition) is 1. The number of nitrogens with zero attached hydrogens (tertiary/aromatic N) is 2. The first kappa shape index (κ1) is 33.0. The third-order valence-electron chi connectivity index (χ3n) is 10.6. The Kier molecular flexibility index (Phi) is 8.66. The predicted molar refractivity (Wildman–Crippen MR) is 213 cm³/mol. The Morgan fingerprint density at radius 1 is 0.400 bits per heavy atom. The fraction of sp³-hybridized carbons (Fsp3) is 0.188. The molecular weight excluding hydrogens is 605 g/mol. The molecule has 2 heteroatoms. The van der Waals surface area contributed by atoms with E-state index in [0.29, 0.717) is 0 Å². The van der Waals surface area contributed by atoms with Crippen LogP contribution in [-0.2, 0) is 0 Å². The van der Waals surface area contributed by atoms with Gasteiger partial charge in [0.2, 0.25) is 0 Å². The van der Waals surface area contributed by atoms with Crippen molar-refractivity contribution >= 4 is 0 Å². The fourth-order valence-electron chi connectivity index (χ4n) is 8.17. The minimum atomic E-state index is 0.946. The highest BCUT2D eigenvalue weighted by Gasteiger charge is 2.22. The lowest BCUT2D eigenvalue weighted by molar-refractivity contribution is 1.03. The number of hydrogen-bond donors (Lipinski definition) is 0. The van der Waals surface area contributed by atoms with Crippen LogP contribution in [-0.4, -0.2) is 9.55 Å². The molecule has 0 aliphatic rings. The third kappa shape index (κ3) is 5.79. The van der Waals surface area contributed by atoms with Crippen LogP contribution in [0.2, 0.25) is 0 Å². The summed E-state index contributed by atoms with van der Waals surface area (Å²) in [6.07, 6.45) is 2.24. The molecule has 0 fully saturated rings. The molecule has 2 nitrogen and oxygen atoms in total. The van der Waals surface area contributed by atoms with E-state index >= 15 is 0 Å². The van der Waals surface area contributed by atoms with Gasteiger partial charge in [0.15, 0.2) is 0 Å². The molecule has 6 aromatic carbocycles. The van der Waals surface area contributed by atoms with Crippen LogP contribution in [0.5, 0.6) is 0 Å². The average Bonchev–Trinajstić information content (AvgIpc) is 3.52. The molecule has 7 rings (SSSR count). The van der Waals surface area contributed by atoms with Gasteiger partial charge in [-0.05, 0) is 158 Å². The number of aryl methyl sites for hydroxylation is 5. The zero-order chi connectivity index (χ0) is 35.3. The van der Waals surface area contributed by atoms with Gasteiger partial charge in [-0.3, -0.25) is 4.57 Å². The summed E-state index contributed by atoms with van der Waals surface area (Å²) in [4.78, 5) is 5.43. The average molecular weight is 651 g/mol. The van der Waals surface area contributed by atoms with Gasteiger partial charge in [-0.2, -0.15) is 0 Å². The largest absolute Gasteiger partial charge is 0.299 e. The van der Waals surface area contributed by atoms with Crippen LogP contribution in [0.3, 0.4) is 0 Å². The first-order chi connectivity index (χ1) is 24.0. The lowest BCUT2D eigenvalue weighted by Crippen LogP contribution is -2.03. The van der Waals surface area contributed by atoms with Gasteiger partial charge in [0.05, 0.1) is 11.4 Å². The summed E-state index contributed by atoms with van der Waals surface area (Å²) in [5.74, 6) is 0.946. The highest BCUT2D eigenvalue weighted by Crippen LogP contribution is 2.44. The first-order valence-corrected chi connectivity index (χ1v) is 17.6. The van der Waals surface area contributed by atoms with Crippen LogP contribution >= 0.6 is 0 Å². The van der Waals surface area contributed by atoms with Crippen molar-refractivity contribution in [3.8, 4) is 61.7 Å². The van der Waals surface area contributed by atoms with Crippen molar-refractivity contribution in [2.24, 2.45) is 0 Å². The van der Waals surface area contributed by atoms with E-state index in [9.17, 15) is 0 Å². The molecule has 0 saturated carbocycles. The van der Waals surface area contributed by atoms with Crippen LogP contribution < -0.4 is 0 Å². The Morgan fingerprint density at radius 3 is 1.38 bits per heavy atom. The van der Waals surface area contributed by atoms with Crippen molar-refractivity contribution in [2.75, 3.05) is 0 Å². The van der Waals surface area contributed by atoms with Crippen molar-refractivity contribution in [3.05, 3.63) is 165 Å². The van der Waals surface area contributed by atoms with Gasteiger partial charge in [-0.15, -0.1) is 0 Å². The van der Waals surface area contributed by atoms with Crippen LogP contribution in [0.25, 0.3) is 61.7 Å². The molecular formula is C48H46N2. The summed E-state index contributed by atoms with van der Waals surface area (Å²) in [6, 6.07) is 39.8. The Bertz CT molecular complexity index is 2280. The van der Waals surface area contributed by atoms with E-state index in [-0.39, 0.29) is 0 Å². The second-order valence-corrected chi connectivity index (χ2v) is 14.1.